The molecule has 0 saturated heterocycles. The van der Waals surface area contributed by atoms with Crippen molar-refractivity contribution in [3.63, 3.8) is 0 Å². The zero-order valence-corrected chi connectivity index (χ0v) is 13.4. The number of esters is 1. The molecule has 0 aliphatic rings. The first-order chi connectivity index (χ1) is 10.5. The van der Waals surface area contributed by atoms with Crippen molar-refractivity contribution < 1.29 is 18.7 Å². The van der Waals surface area contributed by atoms with Crippen LogP contribution in [0.2, 0.25) is 0 Å². The summed E-state index contributed by atoms with van der Waals surface area (Å²) in [6.45, 7) is 6.79. The SMILES string of the molecule is CCc1cc2occc2n1COCCOC(=O)[C@@H](N)C(C)C. The van der Waals surface area contributed by atoms with E-state index in [4.69, 9.17) is 19.6 Å². The molecule has 22 heavy (non-hydrogen) atoms. The van der Waals surface area contributed by atoms with Crippen molar-refractivity contribution in [1.82, 2.24) is 4.57 Å². The van der Waals surface area contributed by atoms with Crippen LogP contribution in [0.3, 0.4) is 0 Å². The molecule has 0 saturated carbocycles. The van der Waals surface area contributed by atoms with Crippen molar-refractivity contribution in [3.05, 3.63) is 24.1 Å². The van der Waals surface area contributed by atoms with E-state index in [-0.39, 0.29) is 18.5 Å². The molecule has 0 bridgehead atoms. The number of aromatic nitrogens is 1. The van der Waals surface area contributed by atoms with Gasteiger partial charge in [0.05, 0.1) is 18.4 Å². The number of rotatable bonds is 8. The molecule has 0 aliphatic heterocycles. The predicted molar refractivity (Wildman–Crippen MR) is 83.3 cm³/mol. The molecule has 0 aliphatic carbocycles. The Balaban J connectivity index is 1.79. The highest BCUT2D eigenvalue weighted by molar-refractivity contribution is 5.76. The average molecular weight is 308 g/mol. The third kappa shape index (κ3) is 3.69. The molecule has 122 valence electrons. The third-order valence-electron chi connectivity index (χ3n) is 3.65. The van der Waals surface area contributed by atoms with E-state index < -0.39 is 6.04 Å². The van der Waals surface area contributed by atoms with E-state index >= 15 is 0 Å². The number of aryl methyl sites for hydroxylation is 1. The van der Waals surface area contributed by atoms with Crippen molar-refractivity contribution in [2.75, 3.05) is 13.2 Å². The summed E-state index contributed by atoms with van der Waals surface area (Å²) in [5, 5.41) is 0. The predicted octanol–water partition coefficient (Wildman–Crippen LogP) is 2.30. The average Bonchev–Trinajstić information content (AvgIpc) is 3.07. The molecule has 0 amide bonds. The molecule has 1 atom stereocenters. The molecule has 6 heteroatoms. The summed E-state index contributed by atoms with van der Waals surface area (Å²) in [5.74, 6) is -0.319. The number of carbonyl (C=O) groups is 1. The Bertz CT molecular complexity index is 615. The lowest BCUT2D eigenvalue weighted by Crippen LogP contribution is -2.37. The molecule has 0 radical (unpaired) electrons. The minimum Gasteiger partial charge on any atom is -0.463 e. The monoisotopic (exact) mass is 308 g/mol. The fourth-order valence-corrected chi connectivity index (χ4v) is 2.20. The highest BCUT2D eigenvalue weighted by Crippen LogP contribution is 2.21. The smallest absolute Gasteiger partial charge is 0.323 e. The topological polar surface area (TPSA) is 79.6 Å². The summed E-state index contributed by atoms with van der Waals surface area (Å²) >= 11 is 0. The Hall–Kier alpha value is -1.79. The van der Waals surface area contributed by atoms with Crippen LogP contribution in [0.1, 0.15) is 26.5 Å². The quantitative estimate of drug-likeness (QED) is 0.598. The fourth-order valence-electron chi connectivity index (χ4n) is 2.20. The number of hydrogen-bond donors (Lipinski definition) is 1. The third-order valence-corrected chi connectivity index (χ3v) is 3.65. The van der Waals surface area contributed by atoms with Crippen LogP contribution in [0.5, 0.6) is 0 Å². The molecule has 2 aromatic rings. The lowest BCUT2D eigenvalue weighted by Gasteiger charge is -2.15. The van der Waals surface area contributed by atoms with Gasteiger partial charge in [0.1, 0.15) is 19.4 Å². The van der Waals surface area contributed by atoms with Crippen molar-refractivity contribution in [2.45, 2.75) is 40.0 Å². The van der Waals surface area contributed by atoms with E-state index in [1.807, 2.05) is 26.0 Å². The minimum atomic E-state index is -0.582. The van der Waals surface area contributed by atoms with Crippen LogP contribution in [0.15, 0.2) is 22.8 Å². The maximum atomic E-state index is 11.6. The first-order valence-electron chi connectivity index (χ1n) is 7.60. The standard InChI is InChI=1S/C16H24N2O4/c1-4-12-9-14-13(5-6-21-14)18(12)10-20-7-8-22-16(19)15(17)11(2)3/h5-6,9,11,15H,4,7-8,10,17H2,1-3H3/t15-/m0/s1. The first kappa shape index (κ1) is 16.6. The van der Waals surface area contributed by atoms with Gasteiger partial charge in [-0.15, -0.1) is 0 Å². The van der Waals surface area contributed by atoms with E-state index in [0.29, 0.717) is 13.3 Å². The molecule has 0 unspecified atom stereocenters. The van der Waals surface area contributed by atoms with E-state index in [2.05, 4.69) is 11.5 Å². The lowest BCUT2D eigenvalue weighted by atomic mass is 10.1. The number of furan rings is 1. The molecule has 0 fully saturated rings. The van der Waals surface area contributed by atoms with Gasteiger partial charge in [-0.2, -0.15) is 0 Å². The normalized spacial score (nSPS) is 13.0. The minimum absolute atomic E-state index is 0.0646. The van der Waals surface area contributed by atoms with Crippen molar-refractivity contribution >= 4 is 17.1 Å². The highest BCUT2D eigenvalue weighted by atomic mass is 16.6. The van der Waals surface area contributed by atoms with Gasteiger partial charge in [-0.25, -0.2) is 0 Å². The molecular formula is C16H24N2O4. The van der Waals surface area contributed by atoms with Gasteiger partial charge < -0.3 is 24.2 Å². The zero-order chi connectivity index (χ0) is 16.1. The number of hydrogen-bond acceptors (Lipinski definition) is 5. The van der Waals surface area contributed by atoms with Crippen LogP contribution in [-0.4, -0.2) is 29.8 Å². The second-order valence-electron chi connectivity index (χ2n) is 5.56. The second-order valence-corrected chi connectivity index (χ2v) is 5.56. The Morgan fingerprint density at radius 3 is 2.86 bits per heavy atom. The number of nitrogens with zero attached hydrogens (tertiary/aromatic N) is 1. The molecule has 2 rings (SSSR count). The van der Waals surface area contributed by atoms with Gasteiger partial charge >= 0.3 is 5.97 Å². The van der Waals surface area contributed by atoms with Gasteiger partial charge in [-0.3, -0.25) is 4.79 Å². The molecule has 0 aromatic carbocycles. The Morgan fingerprint density at radius 2 is 2.18 bits per heavy atom. The van der Waals surface area contributed by atoms with E-state index in [9.17, 15) is 4.79 Å². The van der Waals surface area contributed by atoms with Crippen molar-refractivity contribution in [3.8, 4) is 0 Å². The maximum absolute atomic E-state index is 11.6. The van der Waals surface area contributed by atoms with Crippen LogP contribution in [0.4, 0.5) is 0 Å². The summed E-state index contributed by atoms with van der Waals surface area (Å²) in [7, 11) is 0. The van der Waals surface area contributed by atoms with Gasteiger partial charge in [0.15, 0.2) is 5.58 Å². The van der Waals surface area contributed by atoms with Gasteiger partial charge in [0, 0.05) is 17.8 Å². The number of fused-ring (bicyclic) bond motifs is 1. The van der Waals surface area contributed by atoms with Crippen LogP contribution in [0, 0.1) is 5.92 Å². The van der Waals surface area contributed by atoms with E-state index in [1.165, 1.54) is 0 Å². The highest BCUT2D eigenvalue weighted by Gasteiger charge is 2.18. The molecule has 2 heterocycles. The largest absolute Gasteiger partial charge is 0.463 e. The van der Waals surface area contributed by atoms with Crippen molar-refractivity contribution in [2.24, 2.45) is 11.7 Å². The number of nitrogens with two attached hydrogens (primary N) is 1. The summed E-state index contributed by atoms with van der Waals surface area (Å²) in [5.41, 5.74) is 8.72. The van der Waals surface area contributed by atoms with Crippen LogP contribution >= 0.6 is 0 Å². The summed E-state index contributed by atoms with van der Waals surface area (Å²) in [6, 6.07) is 3.35. The molecule has 0 spiro atoms. The van der Waals surface area contributed by atoms with Gasteiger partial charge in [0.2, 0.25) is 0 Å². The first-order valence-corrected chi connectivity index (χ1v) is 7.60. The Morgan fingerprint density at radius 1 is 1.41 bits per heavy atom. The van der Waals surface area contributed by atoms with Gasteiger partial charge in [0.25, 0.3) is 0 Å². The number of carbonyl (C=O) groups excluding carboxylic acids is 1. The summed E-state index contributed by atoms with van der Waals surface area (Å²) < 4.78 is 18.1. The summed E-state index contributed by atoms with van der Waals surface area (Å²) in [4.78, 5) is 11.6. The Labute approximate surface area is 130 Å². The van der Waals surface area contributed by atoms with E-state index in [0.717, 1.165) is 23.2 Å². The Kier molecular flexibility index (Phi) is 5.63. The lowest BCUT2D eigenvalue weighted by molar-refractivity contribution is -0.148. The fraction of sp³-hybridized carbons (Fsp3) is 0.562. The molecule has 6 nitrogen and oxygen atoms in total. The number of ether oxygens (including phenoxy) is 2. The molecule has 2 aromatic heterocycles. The summed E-state index contributed by atoms with van der Waals surface area (Å²) in [6.07, 6.45) is 2.56. The van der Waals surface area contributed by atoms with Gasteiger partial charge in [-0.1, -0.05) is 20.8 Å². The molecule has 2 N–H and O–H groups in total. The van der Waals surface area contributed by atoms with E-state index in [1.54, 1.807) is 6.26 Å². The second kappa shape index (κ2) is 7.47. The van der Waals surface area contributed by atoms with Crippen LogP contribution < -0.4 is 5.73 Å². The van der Waals surface area contributed by atoms with Crippen LogP contribution in [-0.2, 0) is 27.4 Å². The van der Waals surface area contributed by atoms with Crippen molar-refractivity contribution in [1.29, 1.82) is 0 Å². The molecular weight excluding hydrogens is 284 g/mol. The zero-order valence-electron chi connectivity index (χ0n) is 13.4. The maximum Gasteiger partial charge on any atom is 0.323 e. The van der Waals surface area contributed by atoms with Gasteiger partial charge in [-0.05, 0) is 12.3 Å². The van der Waals surface area contributed by atoms with Crippen LogP contribution in [0.25, 0.3) is 11.1 Å².